The molecular weight excluding hydrogens is 140 g/mol. The van der Waals surface area contributed by atoms with Gasteiger partial charge in [-0.3, -0.25) is 0 Å². The number of aromatic amines is 1. The molecule has 0 amide bonds. The summed E-state index contributed by atoms with van der Waals surface area (Å²) in [5, 5.41) is 0. The number of ether oxygens (including phenoxy) is 1. The number of aryl methyl sites for hydroxylation is 1. The molecule has 1 heterocycles. The molecule has 1 aromatic rings. The quantitative estimate of drug-likeness (QED) is 0.671. The number of nitrogens with zero attached hydrogens (tertiary/aromatic N) is 1. The highest BCUT2D eigenvalue weighted by Crippen LogP contribution is 2.06. The SMILES string of the molecule is CC=COc1c[nH]c(CC)n1. The highest BCUT2D eigenvalue weighted by molar-refractivity contribution is 5.08. The number of allylic oxidation sites excluding steroid dienone is 1. The molecule has 0 aliphatic heterocycles. The highest BCUT2D eigenvalue weighted by Gasteiger charge is 1.96. The summed E-state index contributed by atoms with van der Waals surface area (Å²) >= 11 is 0. The Kier molecular flexibility index (Phi) is 2.72. The predicted molar refractivity (Wildman–Crippen MR) is 43.4 cm³/mol. The van der Waals surface area contributed by atoms with E-state index in [1.165, 1.54) is 0 Å². The summed E-state index contributed by atoms with van der Waals surface area (Å²) in [6.07, 6.45) is 6.08. The van der Waals surface area contributed by atoms with Crippen LogP contribution in [0.2, 0.25) is 0 Å². The van der Waals surface area contributed by atoms with Gasteiger partial charge in [0.15, 0.2) is 0 Å². The summed E-state index contributed by atoms with van der Waals surface area (Å²) in [6, 6.07) is 0. The van der Waals surface area contributed by atoms with E-state index >= 15 is 0 Å². The third-order valence-electron chi connectivity index (χ3n) is 1.27. The molecular formula is C8H12N2O. The smallest absolute Gasteiger partial charge is 0.236 e. The summed E-state index contributed by atoms with van der Waals surface area (Å²) in [7, 11) is 0. The Hall–Kier alpha value is -1.25. The topological polar surface area (TPSA) is 37.9 Å². The van der Waals surface area contributed by atoms with Crippen molar-refractivity contribution >= 4 is 0 Å². The van der Waals surface area contributed by atoms with Gasteiger partial charge in [0.05, 0.1) is 12.5 Å². The first-order valence-electron chi connectivity index (χ1n) is 3.69. The Morgan fingerprint density at radius 1 is 1.73 bits per heavy atom. The summed E-state index contributed by atoms with van der Waals surface area (Å²) < 4.78 is 5.11. The molecule has 3 heteroatoms. The third kappa shape index (κ3) is 2.11. The van der Waals surface area contributed by atoms with Gasteiger partial charge in [0.1, 0.15) is 5.82 Å². The van der Waals surface area contributed by atoms with Crippen molar-refractivity contribution in [2.24, 2.45) is 0 Å². The van der Waals surface area contributed by atoms with Crippen LogP contribution in [-0.2, 0) is 6.42 Å². The molecule has 1 N–H and O–H groups in total. The Bertz CT molecular complexity index is 240. The van der Waals surface area contributed by atoms with Crippen LogP contribution in [0.15, 0.2) is 18.5 Å². The standard InChI is InChI=1S/C8H12N2O/c1-3-5-11-8-6-9-7(4-2)10-8/h3,5-6H,4H2,1-2H3,(H,9,10). The van der Waals surface area contributed by atoms with Gasteiger partial charge in [-0.05, 0) is 6.92 Å². The lowest BCUT2D eigenvalue weighted by Crippen LogP contribution is -1.83. The molecule has 0 saturated heterocycles. The second kappa shape index (κ2) is 3.81. The molecule has 1 aromatic heterocycles. The fourth-order valence-corrected chi connectivity index (χ4v) is 0.722. The number of hydrogen-bond donors (Lipinski definition) is 1. The number of H-pyrrole nitrogens is 1. The maximum absolute atomic E-state index is 5.11. The van der Waals surface area contributed by atoms with Crippen molar-refractivity contribution in [2.75, 3.05) is 0 Å². The number of rotatable bonds is 3. The van der Waals surface area contributed by atoms with E-state index in [0.29, 0.717) is 5.88 Å². The second-order valence-electron chi connectivity index (χ2n) is 2.13. The molecule has 0 spiro atoms. The normalized spacial score (nSPS) is 10.7. The monoisotopic (exact) mass is 152 g/mol. The minimum absolute atomic E-state index is 0.625. The Morgan fingerprint density at radius 2 is 2.55 bits per heavy atom. The average molecular weight is 152 g/mol. The van der Waals surface area contributed by atoms with E-state index in [0.717, 1.165) is 12.2 Å². The molecule has 0 fully saturated rings. The van der Waals surface area contributed by atoms with Crippen molar-refractivity contribution in [2.45, 2.75) is 20.3 Å². The van der Waals surface area contributed by atoms with Gasteiger partial charge in [-0.2, -0.15) is 4.98 Å². The van der Waals surface area contributed by atoms with Crippen LogP contribution in [0.3, 0.4) is 0 Å². The fraction of sp³-hybridized carbons (Fsp3) is 0.375. The zero-order valence-electron chi connectivity index (χ0n) is 6.79. The average Bonchev–Trinajstić information content (AvgIpc) is 2.48. The van der Waals surface area contributed by atoms with Crippen molar-refractivity contribution in [1.29, 1.82) is 0 Å². The van der Waals surface area contributed by atoms with E-state index in [1.807, 2.05) is 19.9 Å². The van der Waals surface area contributed by atoms with E-state index in [9.17, 15) is 0 Å². The van der Waals surface area contributed by atoms with Crippen molar-refractivity contribution in [1.82, 2.24) is 9.97 Å². The zero-order chi connectivity index (χ0) is 8.10. The first-order valence-corrected chi connectivity index (χ1v) is 3.69. The van der Waals surface area contributed by atoms with Crippen LogP contribution in [-0.4, -0.2) is 9.97 Å². The largest absolute Gasteiger partial charge is 0.446 e. The minimum atomic E-state index is 0.625. The molecule has 0 saturated carbocycles. The molecule has 0 atom stereocenters. The molecule has 3 nitrogen and oxygen atoms in total. The van der Waals surface area contributed by atoms with Crippen LogP contribution in [0.4, 0.5) is 0 Å². The van der Waals surface area contributed by atoms with Gasteiger partial charge in [0.2, 0.25) is 5.88 Å². The van der Waals surface area contributed by atoms with Gasteiger partial charge in [-0.25, -0.2) is 0 Å². The van der Waals surface area contributed by atoms with Gasteiger partial charge < -0.3 is 9.72 Å². The van der Waals surface area contributed by atoms with Gasteiger partial charge in [0.25, 0.3) is 0 Å². The maximum atomic E-state index is 5.11. The molecule has 0 radical (unpaired) electrons. The Balaban J connectivity index is 2.58. The molecule has 0 bridgehead atoms. The van der Waals surface area contributed by atoms with Gasteiger partial charge in [0, 0.05) is 6.42 Å². The molecule has 0 aromatic carbocycles. The molecule has 60 valence electrons. The van der Waals surface area contributed by atoms with Crippen molar-refractivity contribution < 1.29 is 4.74 Å². The summed E-state index contributed by atoms with van der Waals surface area (Å²) in [5.41, 5.74) is 0. The van der Waals surface area contributed by atoms with Crippen LogP contribution in [0.1, 0.15) is 19.7 Å². The first kappa shape index (κ1) is 7.85. The predicted octanol–water partition coefficient (Wildman–Crippen LogP) is 1.88. The van der Waals surface area contributed by atoms with E-state index in [1.54, 1.807) is 12.5 Å². The summed E-state index contributed by atoms with van der Waals surface area (Å²) in [6.45, 7) is 3.94. The lowest BCUT2D eigenvalue weighted by molar-refractivity contribution is 0.462. The van der Waals surface area contributed by atoms with Crippen LogP contribution < -0.4 is 4.74 Å². The molecule has 0 unspecified atom stereocenters. The van der Waals surface area contributed by atoms with Crippen LogP contribution >= 0.6 is 0 Å². The molecule has 1 rings (SSSR count). The van der Waals surface area contributed by atoms with E-state index in [-0.39, 0.29) is 0 Å². The highest BCUT2D eigenvalue weighted by atomic mass is 16.5. The van der Waals surface area contributed by atoms with E-state index in [4.69, 9.17) is 4.74 Å². The zero-order valence-corrected chi connectivity index (χ0v) is 6.79. The molecule has 0 aliphatic rings. The number of imidazole rings is 1. The summed E-state index contributed by atoms with van der Waals surface area (Å²) in [5.74, 6) is 1.57. The first-order chi connectivity index (χ1) is 5.36. The number of aromatic nitrogens is 2. The maximum Gasteiger partial charge on any atom is 0.236 e. The van der Waals surface area contributed by atoms with Crippen LogP contribution in [0.5, 0.6) is 5.88 Å². The Morgan fingerprint density at radius 3 is 3.09 bits per heavy atom. The van der Waals surface area contributed by atoms with Crippen LogP contribution in [0.25, 0.3) is 0 Å². The molecule has 0 aliphatic carbocycles. The Labute approximate surface area is 66.1 Å². The van der Waals surface area contributed by atoms with Gasteiger partial charge in [-0.15, -0.1) is 0 Å². The van der Waals surface area contributed by atoms with Gasteiger partial charge in [-0.1, -0.05) is 13.0 Å². The second-order valence-corrected chi connectivity index (χ2v) is 2.13. The number of nitrogens with one attached hydrogen (secondary N) is 1. The van der Waals surface area contributed by atoms with Crippen LogP contribution in [0, 0.1) is 0 Å². The summed E-state index contributed by atoms with van der Waals surface area (Å²) in [4.78, 5) is 7.13. The number of hydrogen-bond acceptors (Lipinski definition) is 2. The van der Waals surface area contributed by atoms with E-state index < -0.39 is 0 Å². The molecule has 11 heavy (non-hydrogen) atoms. The lowest BCUT2D eigenvalue weighted by Gasteiger charge is -1.89. The fourth-order valence-electron chi connectivity index (χ4n) is 0.722. The van der Waals surface area contributed by atoms with Crippen molar-refractivity contribution in [3.8, 4) is 5.88 Å². The van der Waals surface area contributed by atoms with E-state index in [2.05, 4.69) is 9.97 Å². The minimum Gasteiger partial charge on any atom is -0.446 e. The lowest BCUT2D eigenvalue weighted by atomic mass is 10.5. The van der Waals surface area contributed by atoms with Gasteiger partial charge >= 0.3 is 0 Å². The third-order valence-corrected chi connectivity index (χ3v) is 1.27. The van der Waals surface area contributed by atoms with Crippen molar-refractivity contribution in [3.05, 3.63) is 24.4 Å². The van der Waals surface area contributed by atoms with Crippen molar-refractivity contribution in [3.63, 3.8) is 0 Å².